The summed E-state index contributed by atoms with van der Waals surface area (Å²) in [4.78, 5) is 8.31. The highest BCUT2D eigenvalue weighted by atomic mass is 32.2. The number of hydrogen-bond donors (Lipinski definition) is 2. The van der Waals surface area contributed by atoms with Crippen LogP contribution in [0.15, 0.2) is 34.2 Å². The van der Waals surface area contributed by atoms with Crippen molar-refractivity contribution in [2.45, 2.75) is 44.0 Å². The number of rotatable bonds is 8. The van der Waals surface area contributed by atoms with E-state index in [4.69, 9.17) is 0 Å². The minimum atomic E-state index is -0.189. The Labute approximate surface area is 155 Å². The van der Waals surface area contributed by atoms with Crippen LogP contribution in [0.2, 0.25) is 0 Å². The van der Waals surface area contributed by atoms with Crippen molar-refractivity contribution in [2.75, 3.05) is 38.5 Å². The fourth-order valence-corrected chi connectivity index (χ4v) is 3.73. The summed E-state index contributed by atoms with van der Waals surface area (Å²) in [5.41, 5.74) is 0. The van der Waals surface area contributed by atoms with E-state index in [1.165, 1.54) is 51.0 Å². The summed E-state index contributed by atoms with van der Waals surface area (Å²) in [6.45, 7) is 9.49. The van der Waals surface area contributed by atoms with E-state index >= 15 is 0 Å². The van der Waals surface area contributed by atoms with Crippen LogP contribution in [0.4, 0.5) is 4.39 Å². The van der Waals surface area contributed by atoms with Gasteiger partial charge in [0.2, 0.25) is 0 Å². The SMILES string of the molecule is CCCN1CCC(NC(=NCCSc2ccc(F)cc2)NCC)CC1. The van der Waals surface area contributed by atoms with Crippen molar-refractivity contribution in [1.29, 1.82) is 0 Å². The maximum atomic E-state index is 12.9. The van der Waals surface area contributed by atoms with Gasteiger partial charge in [-0.25, -0.2) is 4.39 Å². The first-order chi connectivity index (χ1) is 12.2. The molecule has 25 heavy (non-hydrogen) atoms. The molecule has 1 aromatic rings. The Morgan fingerprint density at radius 3 is 2.60 bits per heavy atom. The average molecular weight is 367 g/mol. The molecule has 2 rings (SSSR count). The van der Waals surface area contributed by atoms with Gasteiger partial charge in [0.05, 0.1) is 6.54 Å². The van der Waals surface area contributed by atoms with Gasteiger partial charge in [0.1, 0.15) is 5.82 Å². The summed E-state index contributed by atoms with van der Waals surface area (Å²) in [5, 5.41) is 6.92. The number of aliphatic imine (C=N–C) groups is 1. The third-order valence-electron chi connectivity index (χ3n) is 4.26. The molecule has 0 aromatic heterocycles. The Morgan fingerprint density at radius 1 is 1.24 bits per heavy atom. The highest BCUT2D eigenvalue weighted by molar-refractivity contribution is 7.99. The van der Waals surface area contributed by atoms with Crippen LogP contribution in [0, 0.1) is 5.82 Å². The van der Waals surface area contributed by atoms with Crippen LogP contribution in [-0.2, 0) is 0 Å². The van der Waals surface area contributed by atoms with Crippen molar-refractivity contribution >= 4 is 17.7 Å². The lowest BCUT2D eigenvalue weighted by atomic mass is 10.1. The molecule has 1 fully saturated rings. The molecule has 0 bridgehead atoms. The molecule has 1 heterocycles. The zero-order chi connectivity index (χ0) is 17.9. The van der Waals surface area contributed by atoms with Gasteiger partial charge in [0, 0.05) is 36.3 Å². The van der Waals surface area contributed by atoms with Crippen LogP contribution in [0.3, 0.4) is 0 Å². The molecule has 0 saturated carbocycles. The lowest BCUT2D eigenvalue weighted by Crippen LogP contribution is -2.48. The number of nitrogens with one attached hydrogen (secondary N) is 2. The molecule has 140 valence electrons. The van der Waals surface area contributed by atoms with E-state index in [1.807, 2.05) is 12.1 Å². The van der Waals surface area contributed by atoms with Crippen molar-refractivity contribution in [2.24, 2.45) is 4.99 Å². The summed E-state index contributed by atoms with van der Waals surface area (Å²) in [5.74, 6) is 1.61. The maximum absolute atomic E-state index is 12.9. The van der Waals surface area contributed by atoms with Crippen LogP contribution < -0.4 is 10.6 Å². The number of hydrogen-bond acceptors (Lipinski definition) is 3. The van der Waals surface area contributed by atoms with Crippen molar-refractivity contribution in [3.05, 3.63) is 30.1 Å². The van der Waals surface area contributed by atoms with Crippen molar-refractivity contribution < 1.29 is 4.39 Å². The van der Waals surface area contributed by atoms with Gasteiger partial charge < -0.3 is 15.5 Å². The standard InChI is InChI=1S/C19H31FN4S/c1-3-12-24-13-9-17(10-14-24)23-19(21-4-2)22-11-15-25-18-7-5-16(20)6-8-18/h5-8,17H,3-4,9-15H2,1-2H3,(H2,21,22,23). The Hall–Kier alpha value is -1.27. The second-order valence-electron chi connectivity index (χ2n) is 6.32. The number of piperidine rings is 1. The lowest BCUT2D eigenvalue weighted by Gasteiger charge is -2.32. The van der Waals surface area contributed by atoms with Crippen molar-refractivity contribution in [3.63, 3.8) is 0 Å². The molecule has 4 nitrogen and oxygen atoms in total. The third kappa shape index (κ3) is 7.65. The number of guanidine groups is 1. The second kappa shape index (κ2) is 11.4. The van der Waals surface area contributed by atoms with E-state index in [9.17, 15) is 4.39 Å². The normalized spacial score (nSPS) is 16.8. The Kier molecular flexibility index (Phi) is 9.11. The van der Waals surface area contributed by atoms with Crippen LogP contribution in [-0.4, -0.2) is 55.4 Å². The molecule has 0 spiro atoms. The number of halogens is 1. The lowest BCUT2D eigenvalue weighted by molar-refractivity contribution is 0.206. The molecule has 0 unspecified atom stereocenters. The van der Waals surface area contributed by atoms with Gasteiger partial charge in [0.15, 0.2) is 5.96 Å². The minimum absolute atomic E-state index is 0.189. The molecule has 0 atom stereocenters. The molecule has 1 aliphatic rings. The first-order valence-corrected chi connectivity index (χ1v) is 10.4. The molecule has 1 aliphatic heterocycles. The van der Waals surface area contributed by atoms with Gasteiger partial charge in [-0.15, -0.1) is 11.8 Å². The van der Waals surface area contributed by atoms with Crippen LogP contribution in [0.1, 0.15) is 33.1 Å². The van der Waals surface area contributed by atoms with Crippen LogP contribution >= 0.6 is 11.8 Å². The van der Waals surface area contributed by atoms with Crippen molar-refractivity contribution in [3.8, 4) is 0 Å². The number of likely N-dealkylation sites (tertiary alicyclic amines) is 1. The summed E-state index contributed by atoms with van der Waals surface area (Å²) < 4.78 is 12.9. The van der Waals surface area contributed by atoms with Gasteiger partial charge in [-0.3, -0.25) is 4.99 Å². The average Bonchev–Trinajstić information content (AvgIpc) is 2.62. The molecule has 0 aliphatic carbocycles. The van der Waals surface area contributed by atoms with E-state index in [2.05, 4.69) is 34.4 Å². The van der Waals surface area contributed by atoms with E-state index in [0.29, 0.717) is 6.04 Å². The zero-order valence-corrected chi connectivity index (χ0v) is 16.2. The Bertz CT molecular complexity index is 513. The molecule has 0 amide bonds. The van der Waals surface area contributed by atoms with E-state index < -0.39 is 0 Å². The Balaban J connectivity index is 1.73. The number of thioether (sulfide) groups is 1. The van der Waals surface area contributed by atoms with Crippen molar-refractivity contribution in [1.82, 2.24) is 15.5 Å². The predicted molar refractivity (Wildman–Crippen MR) is 106 cm³/mol. The monoisotopic (exact) mass is 366 g/mol. The highest BCUT2D eigenvalue weighted by Crippen LogP contribution is 2.17. The molecular weight excluding hydrogens is 335 g/mol. The first-order valence-electron chi connectivity index (χ1n) is 9.36. The summed E-state index contributed by atoms with van der Waals surface area (Å²) in [6, 6.07) is 7.15. The molecule has 6 heteroatoms. The predicted octanol–water partition coefficient (Wildman–Crippen LogP) is 3.35. The topological polar surface area (TPSA) is 39.7 Å². The first kappa shape index (κ1) is 20.0. The molecular formula is C19H31FN4S. The fraction of sp³-hybridized carbons (Fsp3) is 0.632. The molecule has 2 N–H and O–H groups in total. The Morgan fingerprint density at radius 2 is 1.96 bits per heavy atom. The van der Waals surface area contributed by atoms with Gasteiger partial charge in [-0.1, -0.05) is 6.92 Å². The molecule has 0 radical (unpaired) electrons. The maximum Gasteiger partial charge on any atom is 0.191 e. The third-order valence-corrected chi connectivity index (χ3v) is 5.25. The van der Waals surface area contributed by atoms with Crippen LogP contribution in [0.5, 0.6) is 0 Å². The second-order valence-corrected chi connectivity index (χ2v) is 7.49. The summed E-state index contributed by atoms with van der Waals surface area (Å²) in [7, 11) is 0. The summed E-state index contributed by atoms with van der Waals surface area (Å²) in [6.07, 6.45) is 3.58. The van der Waals surface area contributed by atoms with E-state index in [0.717, 1.165) is 29.7 Å². The smallest absolute Gasteiger partial charge is 0.191 e. The van der Waals surface area contributed by atoms with Gasteiger partial charge >= 0.3 is 0 Å². The largest absolute Gasteiger partial charge is 0.357 e. The van der Waals surface area contributed by atoms with Gasteiger partial charge in [-0.2, -0.15) is 0 Å². The minimum Gasteiger partial charge on any atom is -0.357 e. The molecule has 1 saturated heterocycles. The zero-order valence-electron chi connectivity index (χ0n) is 15.4. The van der Waals surface area contributed by atoms with Gasteiger partial charge in [0.25, 0.3) is 0 Å². The number of nitrogens with zero attached hydrogens (tertiary/aromatic N) is 2. The van der Waals surface area contributed by atoms with E-state index in [-0.39, 0.29) is 5.82 Å². The quantitative estimate of drug-likeness (QED) is 0.320. The number of benzene rings is 1. The summed E-state index contributed by atoms with van der Waals surface area (Å²) >= 11 is 1.71. The van der Waals surface area contributed by atoms with E-state index in [1.54, 1.807) is 11.8 Å². The fourth-order valence-electron chi connectivity index (χ4n) is 2.98. The highest BCUT2D eigenvalue weighted by Gasteiger charge is 2.19. The molecule has 1 aromatic carbocycles. The van der Waals surface area contributed by atoms with Crippen LogP contribution in [0.25, 0.3) is 0 Å². The van der Waals surface area contributed by atoms with Gasteiger partial charge in [-0.05, 0) is 57.0 Å².